The first-order valence-electron chi connectivity index (χ1n) is 17.7. The van der Waals surface area contributed by atoms with Gasteiger partial charge in [-0.3, -0.25) is 0 Å². The molecule has 1 aliphatic heterocycles. The van der Waals surface area contributed by atoms with E-state index in [1.165, 1.54) is 44.5 Å². The predicted molar refractivity (Wildman–Crippen MR) is 220 cm³/mol. The maximum atomic E-state index is 4.47. The average Bonchev–Trinajstić information content (AvgIpc) is 3.44. The van der Waals surface area contributed by atoms with E-state index >= 15 is 0 Å². The van der Waals surface area contributed by atoms with Crippen molar-refractivity contribution in [2.24, 2.45) is 0 Å². The number of fused-ring (bicyclic) bond motifs is 3. The van der Waals surface area contributed by atoms with Crippen LogP contribution in [0.15, 0.2) is 176 Å². The molecule has 4 heteroatoms. The molecule has 1 aliphatic rings. The monoisotopic (exact) mass is 875 g/mol. The van der Waals surface area contributed by atoms with Crippen LogP contribution in [0.3, 0.4) is 0 Å². The summed E-state index contributed by atoms with van der Waals surface area (Å²) in [6.45, 7) is 6.92. The molecule has 2 aromatic heterocycles. The molecular weight excluding hydrogens is 837 g/mol. The Kier molecular flexibility index (Phi) is 10.6. The van der Waals surface area contributed by atoms with Crippen molar-refractivity contribution in [3.8, 4) is 67.0 Å². The Labute approximate surface area is 327 Å². The first kappa shape index (κ1) is 35.9. The number of benzene rings is 6. The second kappa shape index (κ2) is 15.6. The van der Waals surface area contributed by atoms with Crippen molar-refractivity contribution in [1.82, 2.24) is 9.97 Å². The summed E-state index contributed by atoms with van der Waals surface area (Å²) in [6.07, 6.45) is 1.82. The number of hydrogen-bond acceptors (Lipinski definition) is 2. The zero-order valence-electron chi connectivity index (χ0n) is 30.0. The van der Waals surface area contributed by atoms with Gasteiger partial charge in [0, 0.05) is 32.0 Å². The average molecular weight is 875 g/mol. The number of rotatable bonds is 5. The molecule has 0 bridgehead atoms. The Morgan fingerprint density at radius 2 is 1.04 bits per heavy atom. The maximum absolute atomic E-state index is 4.47. The van der Waals surface area contributed by atoms with Crippen molar-refractivity contribution in [2.45, 2.75) is 20.0 Å². The zero-order valence-corrected chi connectivity index (χ0v) is 33.4. The van der Waals surface area contributed by atoms with Gasteiger partial charge in [0.25, 0.3) is 0 Å². The van der Waals surface area contributed by atoms with Crippen LogP contribution in [0.4, 0.5) is 0 Å². The van der Waals surface area contributed by atoms with E-state index in [9.17, 15) is 0 Å². The van der Waals surface area contributed by atoms with Crippen molar-refractivity contribution in [2.75, 3.05) is 0 Å². The molecule has 2 nitrogen and oxygen atoms in total. The molecule has 53 heavy (non-hydrogen) atoms. The van der Waals surface area contributed by atoms with E-state index in [4.69, 9.17) is 0 Å². The minimum absolute atomic E-state index is 0. The minimum Gasteiger partial charge on any atom is -0.305 e. The maximum Gasteiger partial charge on any atom is 0.113 e. The second-order valence-corrected chi connectivity index (χ2v) is 18.1. The standard InChI is InChI=1S/C37H28NSi.C12H10N.Ir/c1-39(2)36-12-4-3-10-33(36)34-25-31(21-22-37(34)39)29-19-15-27(16-20-29)26-13-17-28(18-14-26)30-8-7-9-32(24-30)35-11-5-6-23-38-35;1-10-6-5-9-12(13-10)11-7-3-2-4-8-11;/h3-8,10-25H,1-2H3;2-7,9H,1H3;/q2*-1;. The van der Waals surface area contributed by atoms with E-state index < -0.39 is 8.07 Å². The van der Waals surface area contributed by atoms with Gasteiger partial charge in [-0.1, -0.05) is 122 Å². The molecule has 0 spiro atoms. The summed E-state index contributed by atoms with van der Waals surface area (Å²) in [6, 6.07) is 66.4. The normalized spacial score (nSPS) is 12.1. The van der Waals surface area contributed by atoms with Crippen LogP contribution in [-0.2, 0) is 20.1 Å². The Hall–Kier alpha value is -5.51. The third kappa shape index (κ3) is 7.54. The van der Waals surface area contributed by atoms with Gasteiger partial charge in [0.05, 0.1) is 0 Å². The van der Waals surface area contributed by atoms with Crippen LogP contribution in [-0.4, -0.2) is 18.0 Å². The quantitative estimate of drug-likeness (QED) is 0.127. The Balaban J connectivity index is 0.000000263. The van der Waals surface area contributed by atoms with Crippen molar-refractivity contribution >= 4 is 18.4 Å². The third-order valence-corrected chi connectivity index (χ3v) is 13.5. The molecule has 0 atom stereocenters. The summed E-state index contributed by atoms with van der Waals surface area (Å²) in [5, 5.41) is 3.10. The van der Waals surface area contributed by atoms with Gasteiger partial charge in [-0.05, 0) is 85.8 Å². The Bertz CT molecular complexity index is 2480. The van der Waals surface area contributed by atoms with Gasteiger partial charge in [-0.25, -0.2) is 0 Å². The first-order chi connectivity index (χ1) is 25.4. The topological polar surface area (TPSA) is 25.8 Å². The fourth-order valence-corrected chi connectivity index (χ4v) is 10.2. The van der Waals surface area contributed by atoms with Crippen molar-refractivity contribution < 1.29 is 20.1 Å². The van der Waals surface area contributed by atoms with Crippen LogP contribution in [0.1, 0.15) is 5.69 Å². The van der Waals surface area contributed by atoms with E-state index in [1.54, 1.807) is 10.4 Å². The molecule has 0 saturated carbocycles. The van der Waals surface area contributed by atoms with Crippen molar-refractivity contribution in [3.05, 3.63) is 194 Å². The van der Waals surface area contributed by atoms with Gasteiger partial charge in [0.2, 0.25) is 0 Å². The molecule has 0 unspecified atom stereocenters. The molecule has 259 valence electrons. The molecule has 3 heterocycles. The molecule has 1 radical (unpaired) electrons. The fraction of sp³-hybridized carbons (Fsp3) is 0.0612. The Morgan fingerprint density at radius 1 is 0.453 bits per heavy atom. The van der Waals surface area contributed by atoms with Crippen LogP contribution in [0.5, 0.6) is 0 Å². The van der Waals surface area contributed by atoms with Crippen LogP contribution in [0, 0.1) is 19.1 Å². The van der Waals surface area contributed by atoms with E-state index in [0.29, 0.717) is 0 Å². The number of aromatic nitrogens is 2. The zero-order chi connectivity index (χ0) is 35.5. The van der Waals surface area contributed by atoms with Gasteiger partial charge in [-0.15, -0.1) is 71.3 Å². The van der Waals surface area contributed by atoms with E-state index in [2.05, 4.69) is 138 Å². The van der Waals surface area contributed by atoms with Crippen LogP contribution in [0.2, 0.25) is 13.1 Å². The minimum atomic E-state index is -1.61. The van der Waals surface area contributed by atoms with E-state index in [1.807, 2.05) is 79.9 Å². The molecule has 0 N–H and O–H groups in total. The van der Waals surface area contributed by atoms with Gasteiger partial charge in [-0.2, -0.15) is 0 Å². The molecule has 0 saturated heterocycles. The SMILES string of the molecule is C[Si]1(C)c2ccccc2-c2cc(-c3ccc(-c4ccc(-c5cc[c-]c(-c6ccccn6)c5)cc4)cc3)ccc21.Cc1cccc(-c2[c-]cccc2)n1.[Ir]. The first-order valence-corrected chi connectivity index (χ1v) is 20.7. The largest absolute Gasteiger partial charge is 0.305 e. The summed E-state index contributed by atoms with van der Waals surface area (Å²) in [7, 11) is -1.61. The molecule has 0 fully saturated rings. The molecule has 8 aromatic rings. The van der Waals surface area contributed by atoms with Crippen LogP contribution < -0.4 is 10.4 Å². The summed E-state index contributed by atoms with van der Waals surface area (Å²) in [5.74, 6) is 0. The van der Waals surface area contributed by atoms with Gasteiger partial charge in [0.15, 0.2) is 0 Å². The van der Waals surface area contributed by atoms with Gasteiger partial charge < -0.3 is 9.97 Å². The molecule has 0 amide bonds. The van der Waals surface area contributed by atoms with E-state index in [-0.39, 0.29) is 20.1 Å². The number of pyridine rings is 2. The number of nitrogens with zero attached hydrogens (tertiary/aromatic N) is 2. The van der Waals surface area contributed by atoms with Crippen LogP contribution in [0.25, 0.3) is 67.0 Å². The third-order valence-electron chi connectivity index (χ3n) is 9.97. The van der Waals surface area contributed by atoms with Crippen molar-refractivity contribution in [3.63, 3.8) is 0 Å². The molecule has 0 aliphatic carbocycles. The van der Waals surface area contributed by atoms with Crippen LogP contribution >= 0.6 is 0 Å². The summed E-state index contributed by atoms with van der Waals surface area (Å²) in [5.41, 5.74) is 15.2. The number of aryl methyl sites for hydroxylation is 1. The second-order valence-electron chi connectivity index (χ2n) is 13.7. The smallest absolute Gasteiger partial charge is 0.113 e. The molecule has 6 aromatic carbocycles. The summed E-state index contributed by atoms with van der Waals surface area (Å²) in [4.78, 5) is 8.88. The van der Waals surface area contributed by atoms with E-state index in [0.717, 1.165) is 28.2 Å². The Morgan fingerprint density at radius 3 is 1.70 bits per heavy atom. The summed E-state index contributed by atoms with van der Waals surface area (Å²) >= 11 is 0. The van der Waals surface area contributed by atoms with Gasteiger partial charge >= 0.3 is 0 Å². The fourth-order valence-electron chi connectivity index (χ4n) is 7.17. The van der Waals surface area contributed by atoms with Gasteiger partial charge in [0.1, 0.15) is 8.07 Å². The summed E-state index contributed by atoms with van der Waals surface area (Å²) < 4.78 is 0. The van der Waals surface area contributed by atoms with Crippen molar-refractivity contribution in [1.29, 1.82) is 0 Å². The number of hydrogen-bond donors (Lipinski definition) is 0. The molecular formula is C49H38IrN2Si-2. The predicted octanol–water partition coefficient (Wildman–Crippen LogP) is 11.2. The molecule has 9 rings (SSSR count).